The van der Waals surface area contributed by atoms with E-state index in [1.807, 2.05) is 0 Å². The van der Waals surface area contributed by atoms with Crippen molar-refractivity contribution >= 4 is 23.3 Å². The zero-order chi connectivity index (χ0) is 18.2. The molecule has 0 heterocycles. The number of benzene rings is 2. The quantitative estimate of drug-likeness (QED) is 0.612. The van der Waals surface area contributed by atoms with Gasteiger partial charge in [-0.15, -0.1) is 0 Å². The van der Waals surface area contributed by atoms with Crippen LogP contribution in [0.5, 0.6) is 11.5 Å². The zero-order valence-electron chi connectivity index (χ0n) is 13.2. The molecule has 0 bridgehead atoms. The number of carbonyl (C=O) groups is 2. The predicted molar refractivity (Wildman–Crippen MR) is 88.7 cm³/mol. The molecule has 130 valence electrons. The molecule has 2 aromatic carbocycles. The number of carbonyl (C=O) groups excluding carboxylic acids is 2. The monoisotopic (exact) mass is 345 g/mol. The first kappa shape index (κ1) is 17.7. The van der Waals surface area contributed by atoms with E-state index >= 15 is 0 Å². The Morgan fingerprint density at radius 2 is 1.84 bits per heavy atom. The van der Waals surface area contributed by atoms with Gasteiger partial charge in [0.1, 0.15) is 0 Å². The number of nitro benzene ring substituents is 1. The number of nitrogens with one attached hydrogen (secondary N) is 2. The lowest BCUT2D eigenvalue weighted by Crippen LogP contribution is -2.37. The van der Waals surface area contributed by atoms with Crippen LogP contribution in [0.4, 0.5) is 16.2 Å². The van der Waals surface area contributed by atoms with Crippen molar-refractivity contribution < 1.29 is 24.0 Å². The molecular formula is C16H15N3O6. The van der Waals surface area contributed by atoms with Gasteiger partial charge in [0.2, 0.25) is 0 Å². The Hall–Kier alpha value is -3.62. The molecule has 3 amide bonds. The lowest BCUT2D eigenvalue weighted by molar-refractivity contribution is -0.384. The summed E-state index contributed by atoms with van der Waals surface area (Å²) in [6.45, 7) is -0.462. The fraction of sp³-hybridized carbons (Fsp3) is 0.125. The molecule has 25 heavy (non-hydrogen) atoms. The summed E-state index contributed by atoms with van der Waals surface area (Å²) in [5, 5.41) is 15.3. The Morgan fingerprint density at radius 1 is 1.12 bits per heavy atom. The van der Waals surface area contributed by atoms with E-state index in [-0.39, 0.29) is 17.2 Å². The largest absolute Gasteiger partial charge is 0.493 e. The molecule has 0 radical (unpaired) electrons. The number of anilines is 1. The number of urea groups is 1. The maximum absolute atomic E-state index is 11.7. The minimum Gasteiger partial charge on any atom is -0.493 e. The number of nitro groups is 1. The molecule has 0 aliphatic carbocycles. The van der Waals surface area contributed by atoms with Crippen molar-refractivity contribution in [2.45, 2.75) is 0 Å². The second kappa shape index (κ2) is 8.29. The van der Waals surface area contributed by atoms with Crippen LogP contribution in [0.1, 0.15) is 0 Å². The summed E-state index contributed by atoms with van der Waals surface area (Å²) in [5.41, 5.74) is 0.363. The number of nitrogens with zero attached hydrogens (tertiary/aromatic N) is 1. The fourth-order valence-corrected chi connectivity index (χ4v) is 1.88. The van der Waals surface area contributed by atoms with Crippen LogP contribution in [0.2, 0.25) is 0 Å². The number of imide groups is 1. The average Bonchev–Trinajstić information content (AvgIpc) is 2.60. The number of hydrogen-bond donors (Lipinski definition) is 2. The number of ether oxygens (including phenoxy) is 2. The Balaban J connectivity index is 1.89. The van der Waals surface area contributed by atoms with Gasteiger partial charge in [-0.05, 0) is 18.2 Å². The van der Waals surface area contributed by atoms with E-state index in [0.29, 0.717) is 5.69 Å². The van der Waals surface area contributed by atoms with Crippen molar-refractivity contribution in [3.05, 3.63) is 58.6 Å². The van der Waals surface area contributed by atoms with Crippen LogP contribution in [0.15, 0.2) is 48.5 Å². The van der Waals surface area contributed by atoms with Gasteiger partial charge in [0.25, 0.3) is 11.6 Å². The first-order chi connectivity index (χ1) is 12.0. The molecular weight excluding hydrogens is 330 g/mol. The fourth-order valence-electron chi connectivity index (χ4n) is 1.88. The third-order valence-electron chi connectivity index (χ3n) is 3.00. The van der Waals surface area contributed by atoms with Gasteiger partial charge in [-0.1, -0.05) is 18.2 Å². The maximum Gasteiger partial charge on any atom is 0.325 e. The van der Waals surface area contributed by atoms with Crippen molar-refractivity contribution in [3.63, 3.8) is 0 Å². The molecule has 0 aliphatic rings. The van der Waals surface area contributed by atoms with Crippen LogP contribution in [0.25, 0.3) is 0 Å². The molecule has 0 aromatic heterocycles. The van der Waals surface area contributed by atoms with E-state index in [4.69, 9.17) is 9.47 Å². The van der Waals surface area contributed by atoms with Gasteiger partial charge in [0.05, 0.1) is 18.1 Å². The van der Waals surface area contributed by atoms with Crippen LogP contribution >= 0.6 is 0 Å². The maximum atomic E-state index is 11.7. The number of para-hydroxylation sites is 1. The first-order valence-corrected chi connectivity index (χ1v) is 7.10. The topological polar surface area (TPSA) is 120 Å². The van der Waals surface area contributed by atoms with E-state index in [9.17, 15) is 19.7 Å². The Morgan fingerprint density at radius 3 is 2.48 bits per heavy atom. The molecule has 0 saturated carbocycles. The van der Waals surface area contributed by atoms with E-state index in [0.717, 1.165) is 0 Å². The molecule has 0 unspecified atom stereocenters. The van der Waals surface area contributed by atoms with E-state index in [1.165, 1.54) is 25.3 Å². The summed E-state index contributed by atoms with van der Waals surface area (Å²) in [4.78, 5) is 33.6. The van der Waals surface area contributed by atoms with Crippen LogP contribution in [0, 0.1) is 10.1 Å². The van der Waals surface area contributed by atoms with Gasteiger partial charge in [0, 0.05) is 11.8 Å². The highest BCUT2D eigenvalue weighted by atomic mass is 16.6. The highest BCUT2D eigenvalue weighted by molar-refractivity contribution is 6.01. The molecule has 0 saturated heterocycles. The highest BCUT2D eigenvalue weighted by Crippen LogP contribution is 2.30. The summed E-state index contributed by atoms with van der Waals surface area (Å²) in [6, 6.07) is 11.6. The van der Waals surface area contributed by atoms with Gasteiger partial charge in [-0.3, -0.25) is 20.2 Å². The van der Waals surface area contributed by atoms with Gasteiger partial charge in [-0.2, -0.15) is 0 Å². The van der Waals surface area contributed by atoms with Crippen LogP contribution in [0.3, 0.4) is 0 Å². The van der Waals surface area contributed by atoms with Gasteiger partial charge in [0.15, 0.2) is 18.1 Å². The molecule has 2 rings (SSSR count). The Kier molecular flexibility index (Phi) is 5.88. The number of methoxy groups -OCH3 is 1. The Labute approximate surface area is 142 Å². The molecule has 9 heteroatoms. The summed E-state index contributed by atoms with van der Waals surface area (Å²) < 4.78 is 10.2. The van der Waals surface area contributed by atoms with Crippen molar-refractivity contribution in [1.82, 2.24) is 5.32 Å². The standard InChI is InChI=1S/C16H15N3O6/c1-24-14-9-12(19(22)23)7-8-13(14)25-10-15(20)18-16(21)17-11-5-3-2-4-6-11/h2-9H,10H2,1H3,(H2,17,18,20,21). The zero-order valence-corrected chi connectivity index (χ0v) is 13.2. The predicted octanol–water partition coefficient (Wildman–Crippen LogP) is 2.33. The molecule has 0 aliphatic heterocycles. The van der Waals surface area contributed by atoms with Crippen molar-refractivity contribution in [2.24, 2.45) is 0 Å². The smallest absolute Gasteiger partial charge is 0.325 e. The van der Waals surface area contributed by atoms with Gasteiger partial charge in [-0.25, -0.2) is 4.79 Å². The summed E-state index contributed by atoms with van der Waals surface area (Å²) in [5.74, 6) is -0.434. The van der Waals surface area contributed by atoms with Gasteiger partial charge >= 0.3 is 6.03 Å². The van der Waals surface area contributed by atoms with E-state index in [2.05, 4.69) is 10.6 Å². The number of hydrogen-bond acceptors (Lipinski definition) is 6. The number of amides is 3. The third-order valence-corrected chi connectivity index (χ3v) is 3.00. The van der Waals surface area contributed by atoms with E-state index < -0.39 is 23.5 Å². The SMILES string of the molecule is COc1cc([N+](=O)[O-])ccc1OCC(=O)NC(=O)Nc1ccccc1. The molecule has 0 atom stereocenters. The third kappa shape index (κ3) is 5.20. The lowest BCUT2D eigenvalue weighted by Gasteiger charge is -2.10. The molecule has 2 aromatic rings. The van der Waals surface area contributed by atoms with E-state index in [1.54, 1.807) is 30.3 Å². The van der Waals surface area contributed by atoms with Crippen molar-refractivity contribution in [1.29, 1.82) is 0 Å². The lowest BCUT2D eigenvalue weighted by atomic mass is 10.3. The van der Waals surface area contributed by atoms with Crippen LogP contribution < -0.4 is 20.1 Å². The normalized spacial score (nSPS) is 9.80. The second-order valence-corrected chi connectivity index (χ2v) is 4.75. The highest BCUT2D eigenvalue weighted by Gasteiger charge is 2.14. The first-order valence-electron chi connectivity index (χ1n) is 7.10. The molecule has 0 spiro atoms. The van der Waals surface area contributed by atoms with Crippen molar-refractivity contribution in [3.8, 4) is 11.5 Å². The molecule has 9 nitrogen and oxygen atoms in total. The number of non-ortho nitro benzene ring substituents is 1. The minimum absolute atomic E-state index is 0.107. The average molecular weight is 345 g/mol. The number of rotatable bonds is 6. The van der Waals surface area contributed by atoms with Crippen LogP contribution in [-0.4, -0.2) is 30.6 Å². The molecule has 0 fully saturated rings. The van der Waals surface area contributed by atoms with Crippen molar-refractivity contribution in [2.75, 3.05) is 19.0 Å². The van der Waals surface area contributed by atoms with Crippen LogP contribution in [-0.2, 0) is 4.79 Å². The Bertz CT molecular complexity index is 779. The van der Waals surface area contributed by atoms with Gasteiger partial charge < -0.3 is 14.8 Å². The summed E-state index contributed by atoms with van der Waals surface area (Å²) >= 11 is 0. The summed E-state index contributed by atoms with van der Waals surface area (Å²) in [7, 11) is 1.32. The molecule has 2 N–H and O–H groups in total. The second-order valence-electron chi connectivity index (χ2n) is 4.75. The minimum atomic E-state index is -0.699. The summed E-state index contributed by atoms with van der Waals surface area (Å²) in [6.07, 6.45) is 0.